The van der Waals surface area contributed by atoms with Crippen molar-refractivity contribution >= 4 is 21.7 Å². The number of rotatable bonds is 6. The molecule has 0 unspecified atom stereocenters. The van der Waals surface area contributed by atoms with Crippen molar-refractivity contribution in [3.05, 3.63) is 101 Å². The van der Waals surface area contributed by atoms with Gasteiger partial charge in [0.15, 0.2) is 11.6 Å². The second kappa shape index (κ2) is 11.5. The van der Waals surface area contributed by atoms with Crippen LogP contribution >= 0.6 is 0 Å². The highest BCUT2D eigenvalue weighted by Gasteiger charge is 2.23. The molecule has 0 amide bonds. The molecule has 4 aromatic rings. The molecule has 0 aliphatic heterocycles. The van der Waals surface area contributed by atoms with Crippen LogP contribution in [-0.4, -0.2) is 57.2 Å². The first-order valence-electron chi connectivity index (χ1n) is 10.9. The Morgan fingerprint density at radius 3 is 1.56 bits per heavy atom. The third-order valence-electron chi connectivity index (χ3n) is 5.29. The molecule has 0 atom stereocenters. The SMILES string of the molecule is COc1cc(O)c(C(=O)c2ccccc2)cc1S(=O)(=O)O.O=C(c1ccc(O)cc1O)c1ccc(O)cc1O. The first-order chi connectivity index (χ1) is 18.3. The second-order valence-corrected chi connectivity index (χ2v) is 9.31. The summed E-state index contributed by atoms with van der Waals surface area (Å²) >= 11 is 0. The molecular weight excluding hydrogens is 532 g/mol. The number of hydrogen-bond donors (Lipinski definition) is 6. The predicted molar refractivity (Wildman–Crippen MR) is 137 cm³/mol. The predicted octanol–water partition coefficient (Wildman–Crippen LogP) is 3.62. The molecular formula is C27H22O11S. The van der Waals surface area contributed by atoms with Gasteiger partial charge in [-0.2, -0.15) is 8.42 Å². The number of carbonyl (C=O) groups is 2. The lowest BCUT2D eigenvalue weighted by molar-refractivity contribution is 0.102. The molecule has 4 aromatic carbocycles. The molecule has 4 rings (SSSR count). The van der Waals surface area contributed by atoms with Crippen LogP contribution in [-0.2, 0) is 10.1 Å². The smallest absolute Gasteiger partial charge is 0.298 e. The standard InChI is InChI=1S/C14H12O6S.C13H10O5/c1-20-12-8-11(15)10(7-13(12)21(17,18)19)14(16)9-5-3-2-4-6-9;14-7-1-3-9(11(16)5-7)13(18)10-4-2-8(15)6-12(10)17/h2-8,15H,1H3,(H,17,18,19);1-6,14-17H. The molecule has 0 saturated heterocycles. The summed E-state index contributed by atoms with van der Waals surface area (Å²) in [7, 11) is -3.41. The van der Waals surface area contributed by atoms with Crippen LogP contribution in [0.25, 0.3) is 0 Å². The summed E-state index contributed by atoms with van der Waals surface area (Å²) in [5.74, 6) is -2.96. The van der Waals surface area contributed by atoms with Crippen molar-refractivity contribution < 1.29 is 52.8 Å². The van der Waals surface area contributed by atoms with Crippen LogP contribution in [0.3, 0.4) is 0 Å². The number of aromatic hydroxyl groups is 5. The highest BCUT2D eigenvalue weighted by molar-refractivity contribution is 7.86. The molecule has 39 heavy (non-hydrogen) atoms. The molecule has 0 bridgehead atoms. The highest BCUT2D eigenvalue weighted by atomic mass is 32.2. The van der Waals surface area contributed by atoms with E-state index in [2.05, 4.69) is 0 Å². The lowest BCUT2D eigenvalue weighted by atomic mass is 10.0. The largest absolute Gasteiger partial charge is 0.508 e. The molecule has 6 N–H and O–H groups in total. The van der Waals surface area contributed by atoms with Crippen molar-refractivity contribution in [2.45, 2.75) is 4.90 Å². The van der Waals surface area contributed by atoms with Gasteiger partial charge in [-0.15, -0.1) is 0 Å². The van der Waals surface area contributed by atoms with Gasteiger partial charge < -0.3 is 30.3 Å². The fraction of sp³-hybridized carbons (Fsp3) is 0.0370. The van der Waals surface area contributed by atoms with E-state index >= 15 is 0 Å². The van der Waals surface area contributed by atoms with E-state index in [1.165, 1.54) is 43.5 Å². The average Bonchev–Trinajstić information content (AvgIpc) is 2.88. The number of hydrogen-bond acceptors (Lipinski definition) is 10. The second-order valence-electron chi connectivity index (χ2n) is 7.92. The summed E-state index contributed by atoms with van der Waals surface area (Å²) in [5, 5.41) is 47.2. The summed E-state index contributed by atoms with van der Waals surface area (Å²) in [6, 6.07) is 17.0. The minimum absolute atomic E-state index is 0.0474. The summed E-state index contributed by atoms with van der Waals surface area (Å²) in [4.78, 5) is 23.7. The molecule has 0 fully saturated rings. The van der Waals surface area contributed by atoms with Crippen molar-refractivity contribution in [1.82, 2.24) is 0 Å². The number of phenols is 5. The third kappa shape index (κ3) is 6.63. The van der Waals surface area contributed by atoms with Crippen molar-refractivity contribution in [2.75, 3.05) is 7.11 Å². The Morgan fingerprint density at radius 1 is 0.641 bits per heavy atom. The molecule has 11 nitrogen and oxygen atoms in total. The average molecular weight is 555 g/mol. The Hall–Kier alpha value is -5.07. The van der Waals surface area contributed by atoms with Crippen LogP contribution in [0.15, 0.2) is 83.8 Å². The maximum atomic E-state index is 12.3. The highest BCUT2D eigenvalue weighted by Crippen LogP contribution is 2.33. The van der Waals surface area contributed by atoms with Gasteiger partial charge in [0, 0.05) is 23.8 Å². The minimum atomic E-state index is -4.59. The van der Waals surface area contributed by atoms with E-state index in [-0.39, 0.29) is 51.0 Å². The van der Waals surface area contributed by atoms with E-state index in [1.54, 1.807) is 18.2 Å². The maximum Gasteiger partial charge on any atom is 0.298 e. The Morgan fingerprint density at radius 2 is 1.13 bits per heavy atom. The van der Waals surface area contributed by atoms with Gasteiger partial charge in [0.25, 0.3) is 10.1 Å². The quantitative estimate of drug-likeness (QED) is 0.150. The monoisotopic (exact) mass is 554 g/mol. The van der Waals surface area contributed by atoms with Gasteiger partial charge in [0.2, 0.25) is 0 Å². The fourth-order valence-corrected chi connectivity index (χ4v) is 4.07. The molecule has 0 heterocycles. The summed E-state index contributed by atoms with van der Waals surface area (Å²) < 4.78 is 36.6. The number of ether oxygens (including phenoxy) is 1. The van der Waals surface area contributed by atoms with Gasteiger partial charge in [-0.1, -0.05) is 30.3 Å². The van der Waals surface area contributed by atoms with E-state index in [4.69, 9.17) is 19.5 Å². The number of ketones is 2. The van der Waals surface area contributed by atoms with E-state index in [9.17, 15) is 33.3 Å². The van der Waals surface area contributed by atoms with Crippen LogP contribution in [0.5, 0.6) is 34.5 Å². The van der Waals surface area contributed by atoms with Crippen molar-refractivity contribution in [1.29, 1.82) is 0 Å². The zero-order valence-corrected chi connectivity index (χ0v) is 21.0. The van der Waals surface area contributed by atoms with Crippen molar-refractivity contribution in [2.24, 2.45) is 0 Å². The molecule has 0 spiro atoms. The normalized spacial score (nSPS) is 10.7. The summed E-state index contributed by atoms with van der Waals surface area (Å²) in [6.45, 7) is 0. The van der Waals surface area contributed by atoms with Gasteiger partial charge in [-0.25, -0.2) is 0 Å². The Kier molecular flexibility index (Phi) is 8.44. The number of methoxy groups -OCH3 is 1. The molecule has 0 aromatic heterocycles. The molecule has 0 saturated carbocycles. The Balaban J connectivity index is 0.000000218. The number of phenolic OH excluding ortho intramolecular Hbond substituents is 5. The van der Waals surface area contributed by atoms with Gasteiger partial charge in [0.1, 0.15) is 39.4 Å². The van der Waals surface area contributed by atoms with Crippen LogP contribution in [0.4, 0.5) is 0 Å². The van der Waals surface area contributed by atoms with E-state index < -0.39 is 32.3 Å². The van der Waals surface area contributed by atoms with Gasteiger partial charge in [-0.05, 0) is 30.3 Å². The third-order valence-corrected chi connectivity index (χ3v) is 6.17. The van der Waals surface area contributed by atoms with Gasteiger partial charge >= 0.3 is 0 Å². The zero-order chi connectivity index (χ0) is 28.9. The van der Waals surface area contributed by atoms with Crippen molar-refractivity contribution in [3.63, 3.8) is 0 Å². The van der Waals surface area contributed by atoms with Gasteiger partial charge in [-0.3, -0.25) is 14.1 Å². The molecule has 0 aliphatic carbocycles. The number of carbonyl (C=O) groups excluding carboxylic acids is 2. The molecule has 202 valence electrons. The van der Waals surface area contributed by atoms with E-state index in [0.29, 0.717) is 0 Å². The zero-order valence-electron chi connectivity index (χ0n) is 20.1. The van der Waals surface area contributed by atoms with E-state index in [1.807, 2.05) is 0 Å². The Labute approximate surface area is 222 Å². The minimum Gasteiger partial charge on any atom is -0.508 e. The lowest BCUT2D eigenvalue weighted by Crippen LogP contribution is -2.07. The molecule has 0 radical (unpaired) electrons. The summed E-state index contributed by atoms with van der Waals surface area (Å²) in [6.07, 6.45) is 0. The number of benzene rings is 4. The van der Waals surface area contributed by atoms with Crippen molar-refractivity contribution in [3.8, 4) is 34.5 Å². The van der Waals surface area contributed by atoms with Crippen LogP contribution in [0, 0.1) is 0 Å². The molecule has 12 heteroatoms. The van der Waals surface area contributed by atoms with Crippen LogP contribution in [0.2, 0.25) is 0 Å². The Bertz CT molecular complexity index is 1590. The first-order valence-corrected chi connectivity index (χ1v) is 12.3. The first kappa shape index (κ1) is 28.5. The molecule has 0 aliphatic rings. The maximum absolute atomic E-state index is 12.3. The lowest BCUT2D eigenvalue weighted by Gasteiger charge is -2.10. The topological polar surface area (TPSA) is 199 Å². The van der Waals surface area contributed by atoms with Crippen LogP contribution < -0.4 is 4.74 Å². The van der Waals surface area contributed by atoms with E-state index in [0.717, 1.165) is 24.3 Å². The van der Waals surface area contributed by atoms with Gasteiger partial charge in [0.05, 0.1) is 23.8 Å². The summed E-state index contributed by atoms with van der Waals surface area (Å²) in [5.41, 5.74) is -0.0588. The fourth-order valence-electron chi connectivity index (χ4n) is 3.41. The van der Waals surface area contributed by atoms with Crippen LogP contribution in [0.1, 0.15) is 31.8 Å².